The van der Waals surface area contributed by atoms with Crippen molar-refractivity contribution in [3.63, 3.8) is 0 Å². The summed E-state index contributed by atoms with van der Waals surface area (Å²) in [5.74, 6) is 0. The molecular formula is C7H17O6P. The number of phosphoric ester groups is 1. The van der Waals surface area contributed by atoms with Crippen LogP contribution >= 0.6 is 7.82 Å². The Labute approximate surface area is 83.7 Å². The van der Waals surface area contributed by atoms with E-state index in [2.05, 4.69) is 9.05 Å². The van der Waals surface area contributed by atoms with Crippen molar-refractivity contribution in [1.82, 2.24) is 0 Å². The number of ether oxygens (including phenoxy) is 2. The Morgan fingerprint density at radius 1 is 1.14 bits per heavy atom. The summed E-state index contributed by atoms with van der Waals surface area (Å²) < 4.78 is 29.7. The number of rotatable bonds is 9. The standard InChI is InChI=1S/C7H17O6P/c1-3-12-14(8,9)13-7-6-11-5-4-10-2/h3-7H2,1-2H3,(H,8,9). The van der Waals surface area contributed by atoms with Gasteiger partial charge in [-0.25, -0.2) is 4.57 Å². The number of methoxy groups -OCH3 is 1. The Morgan fingerprint density at radius 3 is 2.36 bits per heavy atom. The molecule has 0 aromatic carbocycles. The van der Waals surface area contributed by atoms with E-state index < -0.39 is 7.82 Å². The van der Waals surface area contributed by atoms with Gasteiger partial charge in [-0.05, 0) is 6.92 Å². The SMILES string of the molecule is CCOP(=O)(O)OCCOCCOC. The topological polar surface area (TPSA) is 74.2 Å². The Hall–Kier alpha value is 0.0300. The van der Waals surface area contributed by atoms with Crippen molar-refractivity contribution in [3.8, 4) is 0 Å². The first-order valence-electron chi connectivity index (χ1n) is 4.31. The predicted molar refractivity (Wildman–Crippen MR) is 50.1 cm³/mol. The van der Waals surface area contributed by atoms with Gasteiger partial charge in [0.2, 0.25) is 0 Å². The molecule has 0 aromatic rings. The van der Waals surface area contributed by atoms with Gasteiger partial charge in [0.25, 0.3) is 0 Å². The molecule has 1 N–H and O–H groups in total. The first kappa shape index (κ1) is 14.0. The fourth-order valence-corrected chi connectivity index (χ4v) is 1.36. The second-order valence-corrected chi connectivity index (χ2v) is 3.78. The molecule has 86 valence electrons. The minimum Gasteiger partial charge on any atom is -0.382 e. The molecule has 0 heterocycles. The molecule has 6 nitrogen and oxygen atoms in total. The Kier molecular flexibility index (Phi) is 8.37. The zero-order valence-corrected chi connectivity index (χ0v) is 9.37. The molecule has 0 saturated heterocycles. The molecule has 1 unspecified atom stereocenters. The largest absolute Gasteiger partial charge is 0.472 e. The van der Waals surface area contributed by atoms with Gasteiger partial charge >= 0.3 is 7.82 Å². The molecule has 0 rings (SSSR count). The van der Waals surface area contributed by atoms with Crippen molar-refractivity contribution >= 4 is 7.82 Å². The van der Waals surface area contributed by atoms with Crippen LogP contribution in [-0.2, 0) is 23.1 Å². The smallest absolute Gasteiger partial charge is 0.382 e. The van der Waals surface area contributed by atoms with Gasteiger partial charge in [-0.2, -0.15) is 0 Å². The van der Waals surface area contributed by atoms with Gasteiger partial charge in [-0.15, -0.1) is 0 Å². The van der Waals surface area contributed by atoms with Crippen molar-refractivity contribution in [2.75, 3.05) is 40.1 Å². The molecule has 0 fully saturated rings. The molecule has 0 aliphatic heterocycles. The normalized spacial score (nSPS) is 15.4. The second kappa shape index (κ2) is 8.35. The van der Waals surface area contributed by atoms with Gasteiger partial charge in [-0.3, -0.25) is 9.05 Å². The summed E-state index contributed by atoms with van der Waals surface area (Å²) in [7, 11) is -2.29. The van der Waals surface area contributed by atoms with E-state index in [0.29, 0.717) is 13.2 Å². The van der Waals surface area contributed by atoms with Crippen LogP contribution in [-0.4, -0.2) is 45.0 Å². The summed E-state index contributed by atoms with van der Waals surface area (Å²) in [4.78, 5) is 8.95. The van der Waals surface area contributed by atoms with Crippen LogP contribution in [0.2, 0.25) is 0 Å². The van der Waals surface area contributed by atoms with Crippen LogP contribution in [0.25, 0.3) is 0 Å². The van der Waals surface area contributed by atoms with Gasteiger partial charge in [0.15, 0.2) is 0 Å². The summed E-state index contributed by atoms with van der Waals surface area (Å²) in [5.41, 5.74) is 0. The van der Waals surface area contributed by atoms with Gasteiger partial charge in [0.1, 0.15) is 0 Å². The molecule has 0 bridgehead atoms. The monoisotopic (exact) mass is 228 g/mol. The van der Waals surface area contributed by atoms with Gasteiger partial charge in [0, 0.05) is 7.11 Å². The zero-order chi connectivity index (χ0) is 10.9. The highest BCUT2D eigenvalue weighted by Gasteiger charge is 2.18. The average molecular weight is 228 g/mol. The van der Waals surface area contributed by atoms with E-state index in [9.17, 15) is 4.57 Å². The Balaban J connectivity index is 3.30. The fourth-order valence-electron chi connectivity index (χ4n) is 0.656. The van der Waals surface area contributed by atoms with E-state index in [1.54, 1.807) is 14.0 Å². The average Bonchev–Trinajstić information content (AvgIpc) is 2.11. The molecule has 1 atom stereocenters. The van der Waals surface area contributed by atoms with Crippen molar-refractivity contribution in [3.05, 3.63) is 0 Å². The predicted octanol–water partition coefficient (Wildman–Crippen LogP) is 0.803. The highest BCUT2D eigenvalue weighted by Crippen LogP contribution is 2.42. The van der Waals surface area contributed by atoms with Crippen LogP contribution in [0.15, 0.2) is 0 Å². The maximum Gasteiger partial charge on any atom is 0.472 e. The highest BCUT2D eigenvalue weighted by molar-refractivity contribution is 7.47. The Bertz CT molecular complexity index is 174. The lowest BCUT2D eigenvalue weighted by atomic mass is 10.7. The molecule has 7 heteroatoms. The molecule has 14 heavy (non-hydrogen) atoms. The summed E-state index contributed by atoms with van der Waals surface area (Å²) in [6.07, 6.45) is 0. The van der Waals surface area contributed by atoms with E-state index in [0.717, 1.165) is 0 Å². The van der Waals surface area contributed by atoms with E-state index in [-0.39, 0.29) is 19.8 Å². The molecular weight excluding hydrogens is 211 g/mol. The summed E-state index contributed by atoms with van der Waals surface area (Å²) in [6.45, 7) is 2.94. The van der Waals surface area contributed by atoms with Crippen LogP contribution in [0.4, 0.5) is 0 Å². The minimum absolute atomic E-state index is 0.0253. The van der Waals surface area contributed by atoms with Crippen LogP contribution in [0.1, 0.15) is 6.92 Å². The molecule has 0 aromatic heterocycles. The van der Waals surface area contributed by atoms with E-state index >= 15 is 0 Å². The molecule has 0 saturated carbocycles. The van der Waals surface area contributed by atoms with Gasteiger partial charge < -0.3 is 14.4 Å². The molecule has 0 aliphatic rings. The lowest BCUT2D eigenvalue weighted by molar-refractivity contribution is 0.0451. The van der Waals surface area contributed by atoms with Gasteiger partial charge in [0.05, 0.1) is 33.0 Å². The fraction of sp³-hybridized carbons (Fsp3) is 1.00. The van der Waals surface area contributed by atoms with E-state index in [1.807, 2.05) is 0 Å². The minimum atomic E-state index is -3.86. The third-order valence-electron chi connectivity index (χ3n) is 1.21. The quantitative estimate of drug-likeness (QED) is 0.465. The molecule has 0 spiro atoms. The van der Waals surface area contributed by atoms with Crippen LogP contribution in [0.5, 0.6) is 0 Å². The Morgan fingerprint density at radius 2 is 1.79 bits per heavy atom. The lowest BCUT2D eigenvalue weighted by Crippen LogP contribution is -2.08. The van der Waals surface area contributed by atoms with Crippen molar-refractivity contribution in [2.24, 2.45) is 0 Å². The maximum absolute atomic E-state index is 10.9. The summed E-state index contributed by atoms with van der Waals surface area (Å²) in [6, 6.07) is 0. The van der Waals surface area contributed by atoms with Crippen LogP contribution < -0.4 is 0 Å². The van der Waals surface area contributed by atoms with Crippen molar-refractivity contribution < 1.29 is 28.0 Å². The van der Waals surface area contributed by atoms with Crippen LogP contribution in [0, 0.1) is 0 Å². The molecule has 0 radical (unpaired) electrons. The maximum atomic E-state index is 10.9. The number of hydrogen-bond donors (Lipinski definition) is 1. The first-order chi connectivity index (χ1) is 6.62. The molecule has 0 amide bonds. The van der Waals surface area contributed by atoms with E-state index in [1.165, 1.54) is 0 Å². The third-order valence-corrected chi connectivity index (χ3v) is 2.30. The first-order valence-corrected chi connectivity index (χ1v) is 5.80. The van der Waals surface area contributed by atoms with Gasteiger partial charge in [-0.1, -0.05) is 0 Å². The highest BCUT2D eigenvalue weighted by atomic mass is 31.2. The molecule has 0 aliphatic carbocycles. The lowest BCUT2D eigenvalue weighted by Gasteiger charge is -2.10. The summed E-state index contributed by atoms with van der Waals surface area (Å²) in [5, 5.41) is 0. The van der Waals surface area contributed by atoms with Crippen molar-refractivity contribution in [1.29, 1.82) is 0 Å². The van der Waals surface area contributed by atoms with E-state index in [4.69, 9.17) is 14.4 Å². The number of hydrogen-bond acceptors (Lipinski definition) is 5. The third kappa shape index (κ3) is 8.62. The second-order valence-electron chi connectivity index (χ2n) is 2.32. The van der Waals surface area contributed by atoms with Crippen molar-refractivity contribution in [2.45, 2.75) is 6.92 Å². The zero-order valence-electron chi connectivity index (χ0n) is 8.47. The number of phosphoric acid groups is 1. The summed E-state index contributed by atoms with van der Waals surface area (Å²) >= 11 is 0. The van der Waals surface area contributed by atoms with Crippen LogP contribution in [0.3, 0.4) is 0 Å².